The summed E-state index contributed by atoms with van der Waals surface area (Å²) in [7, 11) is 0. The Bertz CT molecular complexity index is 241. The monoisotopic (exact) mass is 506 g/mol. The predicted molar refractivity (Wildman–Crippen MR) is 104 cm³/mol. The van der Waals surface area contributed by atoms with Gasteiger partial charge in [-0.1, -0.05) is 0 Å². The van der Waals surface area contributed by atoms with Crippen LogP contribution in [-0.2, 0) is 4.74 Å². The van der Waals surface area contributed by atoms with Gasteiger partial charge >= 0.3 is 146 Å². The van der Waals surface area contributed by atoms with Crippen molar-refractivity contribution in [3.8, 4) is 0 Å². The van der Waals surface area contributed by atoms with E-state index in [1.54, 1.807) is 11.9 Å². The van der Waals surface area contributed by atoms with E-state index in [2.05, 4.69) is 41.2 Å². The summed E-state index contributed by atoms with van der Waals surface area (Å²) < 4.78 is 11.7. The first kappa shape index (κ1) is 22.6. The maximum atomic E-state index is 6.44. The van der Waals surface area contributed by atoms with E-state index in [-0.39, 0.29) is 0 Å². The van der Waals surface area contributed by atoms with Crippen LogP contribution in [0.2, 0.25) is 11.9 Å². The molecule has 0 saturated carbocycles. The van der Waals surface area contributed by atoms with Gasteiger partial charge in [0, 0.05) is 0 Å². The molecular weight excluding hydrogens is 463 g/mol. The van der Waals surface area contributed by atoms with Gasteiger partial charge in [-0.15, -0.1) is 0 Å². The quantitative estimate of drug-likeness (QED) is 0.172. The van der Waals surface area contributed by atoms with Gasteiger partial charge < -0.3 is 0 Å². The van der Waals surface area contributed by atoms with Crippen molar-refractivity contribution in [2.24, 2.45) is 5.92 Å². The van der Waals surface area contributed by atoms with Crippen LogP contribution in [0.25, 0.3) is 0 Å². The minimum atomic E-state index is -2.40. The minimum absolute atomic E-state index is 0.621. The third-order valence-corrected chi connectivity index (χ3v) is 27.5. The Morgan fingerprint density at radius 2 is 1.36 bits per heavy atom. The second kappa shape index (κ2) is 14.0. The Balaban J connectivity index is 5.27. The predicted octanol–water partition coefficient (Wildman–Crippen LogP) is 6.99. The van der Waals surface area contributed by atoms with Crippen molar-refractivity contribution in [1.82, 2.24) is 0 Å². The Labute approximate surface area is 145 Å². The molecule has 132 valence electrons. The summed E-state index contributed by atoms with van der Waals surface area (Å²) >= 11 is -2.40. The van der Waals surface area contributed by atoms with Crippen LogP contribution >= 0.6 is 0 Å². The van der Waals surface area contributed by atoms with Crippen molar-refractivity contribution in [2.45, 2.75) is 95.2 Å². The van der Waals surface area contributed by atoms with Crippen LogP contribution in [0.15, 0.2) is 12.7 Å². The SMILES string of the molecule is C=CCO[CH](CC(C)C)[Pb]([CH2]CCC)([CH2]CCC)[CH2]CCC. The van der Waals surface area contributed by atoms with Crippen LogP contribution in [-0.4, -0.2) is 31.4 Å². The van der Waals surface area contributed by atoms with E-state index in [4.69, 9.17) is 4.74 Å². The topological polar surface area (TPSA) is 9.23 Å². The molecule has 0 spiro atoms. The Morgan fingerprint density at radius 3 is 1.68 bits per heavy atom. The van der Waals surface area contributed by atoms with Gasteiger partial charge in [0.15, 0.2) is 0 Å². The molecule has 0 heterocycles. The molecule has 22 heavy (non-hydrogen) atoms. The molecule has 0 N–H and O–H groups in total. The van der Waals surface area contributed by atoms with Gasteiger partial charge in [0.05, 0.1) is 0 Å². The van der Waals surface area contributed by atoms with Gasteiger partial charge in [-0.25, -0.2) is 0 Å². The Hall–Kier alpha value is 0.622. The van der Waals surface area contributed by atoms with Crippen LogP contribution < -0.4 is 0 Å². The zero-order valence-corrected chi connectivity index (χ0v) is 20.0. The molecule has 1 nitrogen and oxygen atoms in total. The molecule has 0 bridgehead atoms. The molecule has 0 aliphatic heterocycles. The van der Waals surface area contributed by atoms with E-state index in [0.717, 1.165) is 12.5 Å². The Kier molecular flexibility index (Phi) is 14.4. The van der Waals surface area contributed by atoms with E-state index < -0.39 is 21.2 Å². The average Bonchev–Trinajstić information content (AvgIpc) is 2.51. The number of hydrogen-bond donors (Lipinski definition) is 0. The summed E-state index contributed by atoms with van der Waals surface area (Å²) in [5, 5.41) is 0. The fourth-order valence-corrected chi connectivity index (χ4v) is 28.1. The molecule has 0 aliphatic carbocycles. The Morgan fingerprint density at radius 1 is 0.909 bits per heavy atom. The molecule has 0 aromatic rings. The van der Waals surface area contributed by atoms with Crippen LogP contribution in [0.3, 0.4) is 0 Å². The molecule has 0 aromatic carbocycles. The molecule has 1 atom stereocenters. The van der Waals surface area contributed by atoms with Gasteiger partial charge in [0.25, 0.3) is 0 Å². The molecule has 0 fully saturated rings. The summed E-state index contributed by atoms with van der Waals surface area (Å²) in [6, 6.07) is 0. The van der Waals surface area contributed by atoms with Crippen molar-refractivity contribution in [2.75, 3.05) is 6.61 Å². The van der Waals surface area contributed by atoms with Crippen molar-refractivity contribution < 1.29 is 4.74 Å². The van der Waals surface area contributed by atoms with Gasteiger partial charge in [0.1, 0.15) is 0 Å². The van der Waals surface area contributed by atoms with E-state index in [1.165, 1.54) is 44.9 Å². The van der Waals surface area contributed by atoms with Crippen LogP contribution in [0, 0.1) is 5.92 Å². The number of ether oxygens (including phenoxy) is 1. The molecule has 1 unspecified atom stereocenters. The zero-order chi connectivity index (χ0) is 16.8. The molecule has 0 saturated heterocycles. The molecule has 2 heteroatoms. The fraction of sp³-hybridized carbons (Fsp3) is 0.900. The molecule has 0 amide bonds. The number of unbranched alkanes of at least 4 members (excludes halogenated alkanes) is 3. The summed E-state index contributed by atoms with van der Waals surface area (Å²) in [4.78, 5) is 0. The molecule has 0 aliphatic rings. The molecular formula is C20H42OPb. The first-order valence-electron chi connectivity index (χ1n) is 9.78. The zero-order valence-electron chi connectivity index (χ0n) is 16.1. The van der Waals surface area contributed by atoms with Crippen molar-refractivity contribution in [3.05, 3.63) is 12.7 Å². The first-order valence-corrected chi connectivity index (χ1v) is 20.3. The molecule has 0 radical (unpaired) electrons. The van der Waals surface area contributed by atoms with Gasteiger partial charge in [-0.2, -0.15) is 0 Å². The standard InChI is InChI=1S/C8H15O.3C4H9.Pb/c1-4-6-9-7-5-8(2)3;3*1-3-4-2;/h4,7-8H,1,5-6H2,2-3H3;3*1,3-4H2,2H3;. The molecule has 0 aromatic heterocycles. The average molecular weight is 506 g/mol. The summed E-state index contributed by atoms with van der Waals surface area (Å²) in [5.74, 6) is 0.749. The second-order valence-corrected chi connectivity index (χ2v) is 26.3. The van der Waals surface area contributed by atoms with E-state index in [1.807, 2.05) is 6.08 Å². The van der Waals surface area contributed by atoms with Crippen LogP contribution in [0.5, 0.6) is 0 Å². The number of hydrogen-bond acceptors (Lipinski definition) is 1. The summed E-state index contributed by atoms with van der Waals surface area (Å²) in [6.07, 6.45) is 11.6. The second-order valence-electron chi connectivity index (χ2n) is 7.41. The third kappa shape index (κ3) is 9.05. The van der Waals surface area contributed by atoms with E-state index in [9.17, 15) is 0 Å². The molecule has 0 rings (SSSR count). The maximum absolute atomic E-state index is 6.44. The summed E-state index contributed by atoms with van der Waals surface area (Å²) in [5.41, 5.74) is 0. The normalized spacial score (nSPS) is 13.5. The van der Waals surface area contributed by atoms with E-state index in [0.29, 0.717) is 3.66 Å². The number of rotatable bonds is 15. The third-order valence-electron chi connectivity index (χ3n) is 4.87. The van der Waals surface area contributed by atoms with Gasteiger partial charge in [-0.3, -0.25) is 0 Å². The van der Waals surface area contributed by atoms with E-state index >= 15 is 0 Å². The van der Waals surface area contributed by atoms with Gasteiger partial charge in [-0.05, 0) is 0 Å². The fourth-order valence-electron chi connectivity index (χ4n) is 3.55. The van der Waals surface area contributed by atoms with Crippen molar-refractivity contribution >= 4 is 21.2 Å². The first-order chi connectivity index (χ1) is 10.6. The van der Waals surface area contributed by atoms with Crippen molar-refractivity contribution in [1.29, 1.82) is 0 Å². The van der Waals surface area contributed by atoms with Crippen LogP contribution in [0.4, 0.5) is 0 Å². The van der Waals surface area contributed by atoms with Gasteiger partial charge in [0.2, 0.25) is 0 Å². The van der Waals surface area contributed by atoms with Crippen LogP contribution in [0.1, 0.15) is 79.6 Å². The van der Waals surface area contributed by atoms with Crippen molar-refractivity contribution in [3.63, 3.8) is 0 Å². The summed E-state index contributed by atoms with van der Waals surface area (Å²) in [6.45, 7) is 16.4.